The fourth-order valence-electron chi connectivity index (χ4n) is 4.53. The van der Waals surface area contributed by atoms with Crippen LogP contribution >= 0.6 is 0 Å². The molecule has 0 aliphatic carbocycles. The van der Waals surface area contributed by atoms with Crippen molar-refractivity contribution in [1.82, 2.24) is 14.9 Å². The number of hydrogen-bond acceptors (Lipinski definition) is 8. The number of carboxylic acid groups (broad SMARTS) is 1. The predicted molar refractivity (Wildman–Crippen MR) is 160 cm³/mol. The second-order valence-corrected chi connectivity index (χ2v) is 12.8. The van der Waals surface area contributed by atoms with Crippen molar-refractivity contribution < 1.29 is 42.4 Å². The van der Waals surface area contributed by atoms with Crippen LogP contribution in [0.15, 0.2) is 47.4 Å². The first kappa shape index (κ1) is 33.9. The van der Waals surface area contributed by atoms with Crippen molar-refractivity contribution in [3.05, 3.63) is 48.0 Å². The molecule has 0 saturated carbocycles. The highest BCUT2D eigenvalue weighted by atomic mass is 32.2. The van der Waals surface area contributed by atoms with Crippen molar-refractivity contribution in [2.45, 2.75) is 69.9 Å². The van der Waals surface area contributed by atoms with Crippen LogP contribution in [0.1, 0.15) is 52.0 Å². The zero-order chi connectivity index (χ0) is 31.4. The standard InChI is InChI=1S/C30H43N3O9S/c1-4-5-14-31-29(35)7-6-15-40-23-10-8-22(9-11-23)16-25(32-30(36)37)26(34)19-33(18-21(2)3)43(38,39)24-12-13-27-28(17-24)42-20-41-27/h8-13,17,21,25-26,32,34H,4-7,14-16,18-20H2,1-3H3,(H,31,35)(H,36,37)/t25-,26+/m0/s1. The maximum atomic E-state index is 13.6. The van der Waals surface area contributed by atoms with Crippen molar-refractivity contribution >= 4 is 22.0 Å². The van der Waals surface area contributed by atoms with E-state index in [4.69, 9.17) is 14.2 Å². The van der Waals surface area contributed by atoms with Gasteiger partial charge in [0.05, 0.1) is 23.6 Å². The van der Waals surface area contributed by atoms with Gasteiger partial charge in [-0.25, -0.2) is 13.2 Å². The van der Waals surface area contributed by atoms with Gasteiger partial charge >= 0.3 is 6.09 Å². The van der Waals surface area contributed by atoms with Crippen LogP contribution in [0, 0.1) is 5.92 Å². The Morgan fingerprint density at radius 1 is 1.05 bits per heavy atom. The molecule has 3 rings (SSSR count). The SMILES string of the molecule is CCCCNC(=O)CCCOc1ccc(C[C@H](NC(=O)O)[C@H](O)CN(CC(C)C)S(=O)(=O)c2ccc3c(c2)OCO3)cc1. The van der Waals surface area contributed by atoms with Crippen LogP contribution in [0.3, 0.4) is 0 Å². The van der Waals surface area contributed by atoms with Crippen LogP contribution in [0.25, 0.3) is 0 Å². The third-order valence-corrected chi connectivity index (χ3v) is 8.59. The molecule has 13 heteroatoms. The number of nitrogens with zero attached hydrogens (tertiary/aromatic N) is 1. The lowest BCUT2D eigenvalue weighted by Crippen LogP contribution is -2.50. The highest BCUT2D eigenvalue weighted by molar-refractivity contribution is 7.89. The maximum absolute atomic E-state index is 13.6. The highest BCUT2D eigenvalue weighted by Crippen LogP contribution is 2.35. The molecular formula is C30H43N3O9S. The Morgan fingerprint density at radius 3 is 2.44 bits per heavy atom. The minimum atomic E-state index is -4.05. The Hall–Kier alpha value is -3.55. The van der Waals surface area contributed by atoms with Crippen LogP contribution in [0.2, 0.25) is 0 Å². The largest absolute Gasteiger partial charge is 0.494 e. The first-order valence-electron chi connectivity index (χ1n) is 14.5. The zero-order valence-electron chi connectivity index (χ0n) is 25.0. The molecule has 2 aromatic carbocycles. The molecule has 238 valence electrons. The number of sulfonamides is 1. The fraction of sp³-hybridized carbons (Fsp3) is 0.533. The number of nitrogens with one attached hydrogen (secondary N) is 2. The van der Waals surface area contributed by atoms with Gasteiger partial charge in [0.1, 0.15) is 5.75 Å². The number of carbonyl (C=O) groups excluding carboxylic acids is 1. The smallest absolute Gasteiger partial charge is 0.404 e. The van der Waals surface area contributed by atoms with Crippen LogP contribution in [0.4, 0.5) is 4.79 Å². The summed E-state index contributed by atoms with van der Waals surface area (Å²) in [7, 11) is -4.05. The molecule has 2 amide bonds. The van der Waals surface area contributed by atoms with Crippen molar-refractivity contribution in [2.75, 3.05) is 33.0 Å². The molecule has 1 aliphatic rings. The third kappa shape index (κ3) is 10.6. The second kappa shape index (κ2) is 16.3. The van der Waals surface area contributed by atoms with Gasteiger partial charge in [0.15, 0.2) is 11.5 Å². The molecular weight excluding hydrogens is 578 g/mol. The van der Waals surface area contributed by atoms with E-state index in [2.05, 4.69) is 17.6 Å². The average molecular weight is 622 g/mol. The van der Waals surface area contributed by atoms with Gasteiger partial charge in [-0.05, 0) is 55.0 Å². The molecule has 0 spiro atoms. The summed E-state index contributed by atoms with van der Waals surface area (Å²) in [6.07, 6.45) is 0.344. The summed E-state index contributed by atoms with van der Waals surface area (Å²) in [4.78, 5) is 23.4. The zero-order valence-corrected chi connectivity index (χ0v) is 25.8. The van der Waals surface area contributed by atoms with Gasteiger partial charge in [-0.1, -0.05) is 39.3 Å². The molecule has 0 bridgehead atoms. The quantitative estimate of drug-likeness (QED) is 0.183. The molecule has 1 heterocycles. The molecule has 4 N–H and O–H groups in total. The first-order chi connectivity index (χ1) is 20.5. The molecule has 2 atom stereocenters. The van der Waals surface area contributed by atoms with Gasteiger partial charge in [-0.3, -0.25) is 4.79 Å². The lowest BCUT2D eigenvalue weighted by molar-refractivity contribution is -0.121. The van der Waals surface area contributed by atoms with Crippen molar-refractivity contribution in [3.8, 4) is 17.2 Å². The first-order valence-corrected chi connectivity index (χ1v) is 16.0. The molecule has 0 aromatic heterocycles. The van der Waals surface area contributed by atoms with E-state index in [9.17, 15) is 28.2 Å². The van der Waals surface area contributed by atoms with E-state index in [0.29, 0.717) is 43.2 Å². The molecule has 0 unspecified atom stereocenters. The molecule has 12 nitrogen and oxygen atoms in total. The van der Waals surface area contributed by atoms with Crippen LogP contribution in [-0.2, 0) is 21.2 Å². The van der Waals surface area contributed by atoms with E-state index >= 15 is 0 Å². The molecule has 0 saturated heterocycles. The lowest BCUT2D eigenvalue weighted by atomic mass is 10.0. The topological polar surface area (TPSA) is 164 Å². The Bertz CT molecular complexity index is 1300. The van der Waals surface area contributed by atoms with Crippen molar-refractivity contribution in [1.29, 1.82) is 0 Å². The highest BCUT2D eigenvalue weighted by Gasteiger charge is 2.32. The van der Waals surface area contributed by atoms with E-state index < -0.39 is 28.3 Å². The number of benzene rings is 2. The van der Waals surface area contributed by atoms with Gasteiger partial charge in [0.25, 0.3) is 0 Å². The Labute approximate surface area is 253 Å². The van der Waals surface area contributed by atoms with Gasteiger partial charge in [-0.15, -0.1) is 0 Å². The van der Waals surface area contributed by atoms with Crippen LogP contribution in [0.5, 0.6) is 17.2 Å². The Kier molecular flexibility index (Phi) is 12.9. The van der Waals surface area contributed by atoms with Gasteiger partial charge < -0.3 is 35.1 Å². The molecule has 43 heavy (non-hydrogen) atoms. The van der Waals surface area contributed by atoms with E-state index in [1.54, 1.807) is 24.3 Å². The summed E-state index contributed by atoms with van der Waals surface area (Å²) in [5.41, 5.74) is 0.717. The third-order valence-electron chi connectivity index (χ3n) is 6.76. The van der Waals surface area contributed by atoms with E-state index in [0.717, 1.165) is 22.7 Å². The summed E-state index contributed by atoms with van der Waals surface area (Å²) >= 11 is 0. The summed E-state index contributed by atoms with van der Waals surface area (Å²) in [5, 5.41) is 25.8. The Balaban J connectivity index is 1.63. The second-order valence-electron chi connectivity index (χ2n) is 10.9. The average Bonchev–Trinajstić information content (AvgIpc) is 3.43. The normalized spacial score (nSPS) is 14.0. The van der Waals surface area contributed by atoms with Crippen molar-refractivity contribution in [2.24, 2.45) is 5.92 Å². The fourth-order valence-corrected chi connectivity index (χ4v) is 6.17. The summed E-state index contributed by atoms with van der Waals surface area (Å²) in [6, 6.07) is 10.3. The molecule has 1 aliphatic heterocycles. The predicted octanol–water partition coefficient (Wildman–Crippen LogP) is 3.38. The van der Waals surface area contributed by atoms with Crippen LogP contribution in [-0.4, -0.2) is 80.1 Å². The summed E-state index contributed by atoms with van der Waals surface area (Å²) in [5.74, 6) is 1.29. The number of amides is 2. The van der Waals surface area contributed by atoms with Crippen molar-refractivity contribution in [3.63, 3.8) is 0 Å². The number of aliphatic hydroxyl groups excluding tert-OH is 1. The Morgan fingerprint density at radius 2 is 1.77 bits per heavy atom. The van der Waals surface area contributed by atoms with E-state index in [1.165, 1.54) is 18.2 Å². The minimum Gasteiger partial charge on any atom is -0.494 e. The van der Waals surface area contributed by atoms with Crippen LogP contribution < -0.4 is 24.8 Å². The number of unbranched alkanes of at least 4 members (excludes halogenated alkanes) is 1. The summed E-state index contributed by atoms with van der Waals surface area (Å²) in [6.45, 7) is 6.60. The number of carbonyl (C=O) groups is 2. The summed E-state index contributed by atoms with van der Waals surface area (Å²) < 4.78 is 44.7. The number of hydrogen-bond donors (Lipinski definition) is 4. The lowest BCUT2D eigenvalue weighted by Gasteiger charge is -2.30. The number of aliphatic hydroxyl groups is 1. The molecule has 2 aromatic rings. The van der Waals surface area contributed by atoms with E-state index in [-0.39, 0.29) is 43.0 Å². The van der Waals surface area contributed by atoms with Gasteiger partial charge in [0, 0.05) is 32.1 Å². The maximum Gasteiger partial charge on any atom is 0.404 e. The number of fused-ring (bicyclic) bond motifs is 1. The number of ether oxygens (including phenoxy) is 3. The molecule has 0 radical (unpaired) electrons. The van der Waals surface area contributed by atoms with Gasteiger partial charge in [0.2, 0.25) is 22.7 Å². The monoisotopic (exact) mass is 621 g/mol. The van der Waals surface area contributed by atoms with Gasteiger partial charge in [-0.2, -0.15) is 4.31 Å². The molecule has 0 fully saturated rings. The van der Waals surface area contributed by atoms with E-state index in [1.807, 2.05) is 13.8 Å². The number of rotatable bonds is 18. The minimum absolute atomic E-state index is 0.000809.